The predicted molar refractivity (Wildman–Crippen MR) is 85.5 cm³/mol. The summed E-state index contributed by atoms with van der Waals surface area (Å²) in [5.74, 6) is -0.583. The number of H-pyrrole nitrogens is 1. The number of nitrogens with one attached hydrogen (secondary N) is 2. The van der Waals surface area contributed by atoms with Crippen LogP contribution in [0.4, 0.5) is 20.5 Å². The van der Waals surface area contributed by atoms with E-state index in [9.17, 15) is 8.78 Å². The summed E-state index contributed by atoms with van der Waals surface area (Å²) in [6.45, 7) is 0. The maximum Gasteiger partial charge on any atom is 0.234 e. The number of anilines is 2. The molecule has 0 aliphatic carbocycles. The summed E-state index contributed by atoms with van der Waals surface area (Å²) < 4.78 is 27.2. The average molecular weight is 371 g/mol. The zero-order valence-corrected chi connectivity index (χ0v) is 13.5. The first-order valence-electron chi connectivity index (χ1n) is 6.82. The lowest BCUT2D eigenvalue weighted by atomic mass is 10.1. The standard InChI is InChI=1S/C14H10Cl2F2N6/c15-12-20-13(16)22-14(21-12)19-11-6-7(23-24-11)4-5-8-9(17)2-1-3-10(8)18/h1-3,6H,4-5H2,(H2,19,20,21,22,23,24). The molecule has 6 nitrogen and oxygen atoms in total. The van der Waals surface area contributed by atoms with Gasteiger partial charge in [-0.25, -0.2) is 8.78 Å². The third kappa shape index (κ3) is 3.95. The second-order valence-electron chi connectivity index (χ2n) is 4.80. The number of halogens is 4. The van der Waals surface area contributed by atoms with Crippen LogP contribution in [0.2, 0.25) is 10.6 Å². The van der Waals surface area contributed by atoms with Gasteiger partial charge in [0, 0.05) is 17.3 Å². The number of hydrogen-bond donors (Lipinski definition) is 2. The number of nitrogens with zero attached hydrogens (tertiary/aromatic N) is 4. The number of rotatable bonds is 5. The van der Waals surface area contributed by atoms with Gasteiger partial charge in [0.05, 0.1) is 0 Å². The number of hydrogen-bond acceptors (Lipinski definition) is 5. The molecule has 0 fully saturated rings. The molecule has 2 heterocycles. The molecular weight excluding hydrogens is 361 g/mol. The number of benzene rings is 1. The fourth-order valence-corrected chi connectivity index (χ4v) is 2.44. The minimum Gasteiger partial charge on any atom is -0.307 e. The lowest BCUT2D eigenvalue weighted by molar-refractivity contribution is 0.554. The van der Waals surface area contributed by atoms with Crippen molar-refractivity contribution >= 4 is 35.0 Å². The maximum absolute atomic E-state index is 13.6. The molecular formula is C14H10Cl2F2N6. The van der Waals surface area contributed by atoms with Crippen molar-refractivity contribution in [1.82, 2.24) is 25.1 Å². The van der Waals surface area contributed by atoms with Gasteiger partial charge in [-0.05, 0) is 48.2 Å². The van der Waals surface area contributed by atoms with E-state index in [1.165, 1.54) is 18.2 Å². The van der Waals surface area contributed by atoms with E-state index in [-0.39, 0.29) is 28.5 Å². The minimum atomic E-state index is -0.567. The fourth-order valence-electron chi connectivity index (χ4n) is 2.08. The van der Waals surface area contributed by atoms with Gasteiger partial charge in [-0.3, -0.25) is 5.10 Å². The third-order valence-electron chi connectivity index (χ3n) is 3.16. The molecule has 0 aliphatic heterocycles. The van der Waals surface area contributed by atoms with Crippen LogP contribution in [-0.2, 0) is 12.8 Å². The third-order valence-corrected chi connectivity index (χ3v) is 3.50. The highest BCUT2D eigenvalue weighted by Crippen LogP contribution is 2.17. The number of aromatic nitrogens is 5. The molecule has 0 radical (unpaired) electrons. The van der Waals surface area contributed by atoms with E-state index in [0.29, 0.717) is 17.9 Å². The molecule has 24 heavy (non-hydrogen) atoms. The van der Waals surface area contributed by atoms with Crippen molar-refractivity contribution in [3.8, 4) is 0 Å². The van der Waals surface area contributed by atoms with Crippen LogP contribution >= 0.6 is 23.2 Å². The molecule has 0 saturated carbocycles. The van der Waals surface area contributed by atoms with Gasteiger partial charge in [0.15, 0.2) is 5.82 Å². The molecule has 0 bridgehead atoms. The van der Waals surface area contributed by atoms with Crippen molar-refractivity contribution in [3.63, 3.8) is 0 Å². The van der Waals surface area contributed by atoms with Gasteiger partial charge in [-0.1, -0.05) is 6.07 Å². The molecule has 2 aromatic heterocycles. The Kier molecular flexibility index (Phi) is 4.86. The van der Waals surface area contributed by atoms with Gasteiger partial charge < -0.3 is 5.32 Å². The molecule has 0 atom stereocenters. The highest BCUT2D eigenvalue weighted by molar-refractivity contribution is 6.31. The van der Waals surface area contributed by atoms with Crippen molar-refractivity contribution in [2.24, 2.45) is 0 Å². The zero-order chi connectivity index (χ0) is 17.1. The van der Waals surface area contributed by atoms with Crippen molar-refractivity contribution in [3.05, 3.63) is 57.7 Å². The Morgan fingerprint density at radius 1 is 1.00 bits per heavy atom. The fraction of sp³-hybridized carbons (Fsp3) is 0.143. The molecule has 124 valence electrons. The van der Waals surface area contributed by atoms with Crippen LogP contribution in [0.15, 0.2) is 24.3 Å². The van der Waals surface area contributed by atoms with E-state index in [1.54, 1.807) is 6.07 Å². The second-order valence-corrected chi connectivity index (χ2v) is 5.48. The van der Waals surface area contributed by atoms with Crippen LogP contribution in [0.1, 0.15) is 11.3 Å². The minimum absolute atomic E-state index is 0.0395. The molecule has 0 saturated heterocycles. The summed E-state index contributed by atoms with van der Waals surface area (Å²) in [5, 5.41) is 9.49. The van der Waals surface area contributed by atoms with Crippen LogP contribution in [0.25, 0.3) is 0 Å². The predicted octanol–water partition coefficient (Wildman–Crippen LogP) is 3.71. The lowest BCUT2D eigenvalue weighted by Gasteiger charge is -2.03. The molecule has 3 rings (SSSR count). The zero-order valence-electron chi connectivity index (χ0n) is 12.0. The van der Waals surface area contributed by atoms with Gasteiger partial charge in [0.1, 0.15) is 11.6 Å². The number of aromatic amines is 1. The van der Waals surface area contributed by atoms with Gasteiger partial charge in [0.2, 0.25) is 16.5 Å². The smallest absolute Gasteiger partial charge is 0.234 e. The van der Waals surface area contributed by atoms with Gasteiger partial charge >= 0.3 is 0 Å². The first kappa shape index (κ1) is 16.5. The summed E-state index contributed by atoms with van der Waals surface area (Å²) in [6, 6.07) is 5.46. The van der Waals surface area contributed by atoms with Crippen LogP contribution in [-0.4, -0.2) is 25.1 Å². The van der Waals surface area contributed by atoms with Crippen LogP contribution in [0.5, 0.6) is 0 Å². The first-order chi connectivity index (χ1) is 11.5. The van der Waals surface area contributed by atoms with Crippen molar-refractivity contribution in [2.75, 3.05) is 5.32 Å². The Hall–Kier alpha value is -2.32. The monoisotopic (exact) mass is 370 g/mol. The Bertz CT molecular complexity index is 830. The van der Waals surface area contributed by atoms with Crippen LogP contribution < -0.4 is 5.32 Å². The van der Waals surface area contributed by atoms with Crippen molar-refractivity contribution < 1.29 is 8.78 Å². The van der Waals surface area contributed by atoms with E-state index < -0.39 is 11.6 Å². The van der Waals surface area contributed by atoms with Crippen molar-refractivity contribution in [1.29, 1.82) is 0 Å². The van der Waals surface area contributed by atoms with E-state index in [4.69, 9.17) is 23.2 Å². The Balaban J connectivity index is 1.67. The molecule has 1 aromatic carbocycles. The molecule has 0 unspecified atom stereocenters. The molecule has 3 aromatic rings. The first-order valence-corrected chi connectivity index (χ1v) is 7.58. The average Bonchev–Trinajstić information content (AvgIpc) is 2.93. The second kappa shape index (κ2) is 7.06. The highest BCUT2D eigenvalue weighted by Gasteiger charge is 2.10. The normalized spacial score (nSPS) is 10.8. The van der Waals surface area contributed by atoms with Crippen molar-refractivity contribution in [2.45, 2.75) is 12.8 Å². The summed E-state index contributed by atoms with van der Waals surface area (Å²) in [7, 11) is 0. The summed E-state index contributed by atoms with van der Waals surface area (Å²) in [5.41, 5.74) is 0.726. The molecule has 2 N–H and O–H groups in total. The molecule has 0 aliphatic rings. The Morgan fingerprint density at radius 2 is 1.67 bits per heavy atom. The lowest BCUT2D eigenvalue weighted by Crippen LogP contribution is -1.99. The van der Waals surface area contributed by atoms with Crippen LogP contribution in [0.3, 0.4) is 0 Å². The molecule has 0 spiro atoms. The molecule has 10 heteroatoms. The SMILES string of the molecule is Fc1cccc(F)c1CCc1cc(Nc2nc(Cl)nc(Cl)n2)n[nH]1. The summed E-state index contributed by atoms with van der Waals surface area (Å²) >= 11 is 11.4. The number of aryl methyl sites for hydroxylation is 1. The largest absolute Gasteiger partial charge is 0.307 e. The van der Waals surface area contributed by atoms with E-state index in [1.807, 2.05) is 0 Å². The Morgan fingerprint density at radius 3 is 2.33 bits per heavy atom. The maximum atomic E-state index is 13.6. The van der Waals surface area contributed by atoms with Gasteiger partial charge in [-0.15, -0.1) is 0 Å². The van der Waals surface area contributed by atoms with Gasteiger partial charge in [-0.2, -0.15) is 20.1 Å². The van der Waals surface area contributed by atoms with E-state index in [0.717, 1.165) is 0 Å². The summed E-state index contributed by atoms with van der Waals surface area (Å²) in [6.07, 6.45) is 0.578. The quantitative estimate of drug-likeness (QED) is 0.715. The van der Waals surface area contributed by atoms with Gasteiger partial charge in [0.25, 0.3) is 0 Å². The topological polar surface area (TPSA) is 79.4 Å². The van der Waals surface area contributed by atoms with E-state index in [2.05, 4.69) is 30.5 Å². The molecule has 0 amide bonds. The van der Waals surface area contributed by atoms with Crippen LogP contribution in [0, 0.1) is 11.6 Å². The van der Waals surface area contributed by atoms with E-state index >= 15 is 0 Å². The Labute approximate surface area is 145 Å². The summed E-state index contributed by atoms with van der Waals surface area (Å²) in [4.78, 5) is 11.3. The highest BCUT2D eigenvalue weighted by atomic mass is 35.5.